The molecule has 180 valence electrons. The third-order valence-corrected chi connectivity index (χ3v) is 6.52. The number of nitrogens with one attached hydrogen (secondary N) is 2. The highest BCUT2D eigenvalue weighted by atomic mass is 16.4. The number of aryl methyl sites for hydroxylation is 3. The van der Waals surface area contributed by atoms with Crippen molar-refractivity contribution in [3.8, 4) is 0 Å². The van der Waals surface area contributed by atoms with Crippen molar-refractivity contribution in [3.05, 3.63) is 53.3 Å². The Labute approximate surface area is 199 Å². The molecule has 1 amide bonds. The topological polar surface area (TPSA) is 109 Å². The Kier molecular flexibility index (Phi) is 7.77. The van der Waals surface area contributed by atoms with Crippen LogP contribution in [0.5, 0.6) is 0 Å². The number of aliphatic carboxylic acids is 1. The lowest BCUT2D eigenvalue weighted by molar-refractivity contribution is -0.139. The van der Waals surface area contributed by atoms with Crippen LogP contribution in [0.2, 0.25) is 0 Å². The number of pyridine rings is 1. The second kappa shape index (κ2) is 11.1. The van der Waals surface area contributed by atoms with Gasteiger partial charge >= 0.3 is 5.97 Å². The summed E-state index contributed by atoms with van der Waals surface area (Å²) in [5, 5.41) is 20.6. The van der Waals surface area contributed by atoms with E-state index in [-0.39, 0.29) is 5.91 Å². The predicted molar refractivity (Wildman–Crippen MR) is 132 cm³/mol. The fraction of sp³-hybridized carbons (Fsp3) is 0.462. The maximum atomic E-state index is 12.8. The summed E-state index contributed by atoms with van der Waals surface area (Å²) in [6, 6.07) is 8.80. The van der Waals surface area contributed by atoms with E-state index in [2.05, 4.69) is 27.9 Å². The molecule has 1 atom stereocenters. The van der Waals surface area contributed by atoms with E-state index in [1.165, 1.54) is 12.0 Å². The van der Waals surface area contributed by atoms with Crippen molar-refractivity contribution in [2.45, 2.75) is 63.8 Å². The molecule has 1 aliphatic heterocycles. The second-order valence-corrected chi connectivity index (χ2v) is 9.02. The summed E-state index contributed by atoms with van der Waals surface area (Å²) in [4.78, 5) is 29.2. The van der Waals surface area contributed by atoms with Gasteiger partial charge in [-0.05, 0) is 55.9 Å². The number of unbranched alkanes of at least 4 members (excludes halogenated alkanes) is 4. The van der Waals surface area contributed by atoms with Crippen molar-refractivity contribution in [1.29, 1.82) is 0 Å². The number of carboxylic acid groups (broad SMARTS) is 1. The zero-order chi connectivity index (χ0) is 23.9. The summed E-state index contributed by atoms with van der Waals surface area (Å²) in [6.45, 7) is 1.00. The molecule has 2 aromatic heterocycles. The maximum absolute atomic E-state index is 12.8. The Morgan fingerprint density at radius 1 is 1.15 bits per heavy atom. The molecule has 4 rings (SSSR count). The van der Waals surface area contributed by atoms with Crippen LogP contribution in [0, 0.1) is 0 Å². The summed E-state index contributed by atoms with van der Waals surface area (Å²) in [7, 11) is 1.81. The third-order valence-electron chi connectivity index (χ3n) is 6.52. The van der Waals surface area contributed by atoms with Gasteiger partial charge in [-0.2, -0.15) is 5.10 Å². The number of carbonyl (C=O) groups excluding carboxylic acids is 1. The molecule has 8 heteroatoms. The summed E-state index contributed by atoms with van der Waals surface area (Å²) < 4.78 is 1.69. The van der Waals surface area contributed by atoms with E-state index in [9.17, 15) is 14.7 Å². The molecule has 1 aromatic carbocycles. The van der Waals surface area contributed by atoms with Crippen LogP contribution < -0.4 is 10.6 Å². The van der Waals surface area contributed by atoms with Crippen molar-refractivity contribution in [3.63, 3.8) is 0 Å². The lowest BCUT2D eigenvalue weighted by Gasteiger charge is -2.17. The van der Waals surface area contributed by atoms with E-state index in [0.29, 0.717) is 12.0 Å². The molecule has 3 N–H and O–H groups in total. The summed E-state index contributed by atoms with van der Waals surface area (Å²) in [5.74, 6) is -0.331. The van der Waals surface area contributed by atoms with Gasteiger partial charge in [0, 0.05) is 24.7 Å². The van der Waals surface area contributed by atoms with E-state index in [1.54, 1.807) is 23.0 Å². The van der Waals surface area contributed by atoms with Gasteiger partial charge in [-0.15, -0.1) is 0 Å². The van der Waals surface area contributed by atoms with Gasteiger partial charge in [-0.1, -0.05) is 37.8 Å². The average Bonchev–Trinajstić information content (AvgIpc) is 3.23. The first-order valence-corrected chi connectivity index (χ1v) is 12.2. The number of nitrogens with zero attached hydrogens (tertiary/aromatic N) is 3. The maximum Gasteiger partial charge on any atom is 0.326 e. The van der Waals surface area contributed by atoms with Crippen LogP contribution in [0.4, 0.5) is 5.82 Å². The van der Waals surface area contributed by atoms with Crippen LogP contribution in [0.1, 0.15) is 66.6 Å². The minimum atomic E-state index is -1.00. The van der Waals surface area contributed by atoms with E-state index in [4.69, 9.17) is 4.98 Å². The van der Waals surface area contributed by atoms with Crippen molar-refractivity contribution in [1.82, 2.24) is 20.1 Å². The fourth-order valence-corrected chi connectivity index (χ4v) is 4.56. The smallest absolute Gasteiger partial charge is 0.326 e. The molecule has 3 heterocycles. The molecular formula is C26H33N5O3. The zero-order valence-electron chi connectivity index (χ0n) is 19.7. The van der Waals surface area contributed by atoms with Gasteiger partial charge in [0.25, 0.3) is 5.91 Å². The lowest BCUT2D eigenvalue weighted by atomic mass is 10.0. The number of carboxylic acids is 1. The van der Waals surface area contributed by atoms with Gasteiger partial charge in [0.1, 0.15) is 11.9 Å². The number of aromatic nitrogens is 3. The normalized spacial score (nSPS) is 13.8. The highest BCUT2D eigenvalue weighted by Gasteiger charge is 2.21. The SMILES string of the molecule is Cn1ncc2c(C(=O)N[C@@H](CCCCCCCc3ccc4c(n3)NCCC4)C(=O)O)cccc21. The number of fused-ring (bicyclic) bond motifs is 2. The molecule has 0 radical (unpaired) electrons. The van der Waals surface area contributed by atoms with Crippen LogP contribution in [0.25, 0.3) is 10.9 Å². The van der Waals surface area contributed by atoms with E-state index >= 15 is 0 Å². The predicted octanol–water partition coefficient (Wildman–Crippen LogP) is 4.09. The first-order chi connectivity index (χ1) is 16.5. The molecule has 0 bridgehead atoms. The van der Waals surface area contributed by atoms with Crippen LogP contribution >= 0.6 is 0 Å². The first-order valence-electron chi connectivity index (χ1n) is 12.2. The molecule has 1 aliphatic rings. The van der Waals surface area contributed by atoms with Gasteiger partial charge < -0.3 is 15.7 Å². The second-order valence-electron chi connectivity index (χ2n) is 9.02. The lowest BCUT2D eigenvalue weighted by Crippen LogP contribution is -2.40. The molecule has 0 saturated heterocycles. The minimum absolute atomic E-state index is 0.377. The number of amides is 1. The molecule has 0 unspecified atom stereocenters. The number of benzene rings is 1. The Balaban J connectivity index is 1.18. The van der Waals surface area contributed by atoms with Crippen LogP contribution in [-0.2, 0) is 24.7 Å². The van der Waals surface area contributed by atoms with Crippen LogP contribution in [-0.4, -0.2) is 44.3 Å². The summed E-state index contributed by atoms with van der Waals surface area (Å²) >= 11 is 0. The van der Waals surface area contributed by atoms with Gasteiger partial charge in [-0.3, -0.25) is 9.48 Å². The van der Waals surface area contributed by atoms with E-state index in [0.717, 1.165) is 73.9 Å². The first kappa shape index (κ1) is 23.7. The van der Waals surface area contributed by atoms with Crippen molar-refractivity contribution >= 4 is 28.6 Å². The highest BCUT2D eigenvalue weighted by molar-refractivity contribution is 6.07. The standard InChI is InChI=1S/C26H33N5O3/c1-31-23-13-7-11-20(21(23)17-28-31)25(32)30-22(26(33)34)12-6-4-2-3-5-10-19-15-14-18-9-8-16-27-24(18)29-19/h7,11,13-15,17,22H,2-6,8-10,12,16H2,1H3,(H,27,29)(H,30,32)(H,33,34)/t22-/m0/s1. The Morgan fingerprint density at radius 3 is 2.82 bits per heavy atom. The van der Waals surface area contributed by atoms with Gasteiger partial charge in [-0.25, -0.2) is 9.78 Å². The van der Waals surface area contributed by atoms with Crippen LogP contribution in [0.15, 0.2) is 36.5 Å². The minimum Gasteiger partial charge on any atom is -0.480 e. The van der Waals surface area contributed by atoms with E-state index in [1.807, 2.05) is 13.1 Å². The van der Waals surface area contributed by atoms with Crippen LogP contribution in [0.3, 0.4) is 0 Å². The highest BCUT2D eigenvalue weighted by Crippen LogP contribution is 2.21. The van der Waals surface area contributed by atoms with Gasteiger partial charge in [0.05, 0.1) is 17.3 Å². The molecule has 8 nitrogen and oxygen atoms in total. The Morgan fingerprint density at radius 2 is 1.97 bits per heavy atom. The third kappa shape index (κ3) is 5.73. The number of carbonyl (C=O) groups is 2. The molecule has 0 spiro atoms. The Hall–Kier alpha value is -3.42. The molecule has 34 heavy (non-hydrogen) atoms. The largest absolute Gasteiger partial charge is 0.480 e. The Bertz CT molecular complexity index is 1160. The molecular weight excluding hydrogens is 430 g/mol. The zero-order valence-corrected chi connectivity index (χ0v) is 19.7. The number of anilines is 1. The molecule has 0 saturated carbocycles. The van der Waals surface area contributed by atoms with Crippen molar-refractivity contribution < 1.29 is 14.7 Å². The monoisotopic (exact) mass is 463 g/mol. The average molecular weight is 464 g/mol. The summed E-state index contributed by atoms with van der Waals surface area (Å²) in [6.07, 6.45) is 10.2. The van der Waals surface area contributed by atoms with Gasteiger partial charge in [0.15, 0.2) is 0 Å². The molecule has 3 aromatic rings. The molecule has 0 fully saturated rings. The number of rotatable bonds is 11. The summed E-state index contributed by atoms with van der Waals surface area (Å²) in [5.41, 5.74) is 3.72. The van der Waals surface area contributed by atoms with E-state index < -0.39 is 12.0 Å². The van der Waals surface area contributed by atoms with Crippen molar-refractivity contribution in [2.75, 3.05) is 11.9 Å². The van der Waals surface area contributed by atoms with Crippen molar-refractivity contribution in [2.24, 2.45) is 7.05 Å². The van der Waals surface area contributed by atoms with Gasteiger partial charge in [0.2, 0.25) is 0 Å². The molecule has 0 aliphatic carbocycles. The quantitative estimate of drug-likeness (QED) is 0.370. The number of hydrogen-bond donors (Lipinski definition) is 3. The number of hydrogen-bond acceptors (Lipinski definition) is 5. The fourth-order valence-electron chi connectivity index (χ4n) is 4.56.